The molecule has 0 heterocycles. The molecular weight excluding hydrogens is 557 g/mol. The van der Waals surface area contributed by atoms with Crippen molar-refractivity contribution in [3.63, 3.8) is 0 Å². The molecule has 0 aliphatic heterocycles. The maximum atomic E-state index is 11.9. The molecule has 234 valence electrons. The number of thioether (sulfide) groups is 1. The average molecular weight is 608 g/mol. The highest BCUT2D eigenvalue weighted by Crippen LogP contribution is 2.50. The van der Waals surface area contributed by atoms with E-state index in [1.54, 1.807) is 0 Å². The molecule has 0 radical (unpaired) electrons. The SMILES string of the molecule is CC(C)CCOCC(COCCSCCC(=O)NCCCC(C)(O)P(=O)(O)O)OCC(CO)OCC(O)CO. The summed E-state index contributed by atoms with van der Waals surface area (Å²) in [6, 6.07) is 0. The molecule has 0 aliphatic rings. The van der Waals surface area contributed by atoms with Gasteiger partial charge in [0.05, 0.1) is 46.2 Å². The van der Waals surface area contributed by atoms with E-state index in [4.69, 9.17) is 33.8 Å². The highest BCUT2D eigenvalue weighted by atomic mass is 32.2. The van der Waals surface area contributed by atoms with Crippen molar-refractivity contribution in [3.05, 3.63) is 0 Å². The Morgan fingerprint density at radius 1 is 0.974 bits per heavy atom. The third-order valence-corrected chi connectivity index (χ3v) is 7.95. The van der Waals surface area contributed by atoms with Crippen LogP contribution in [0.4, 0.5) is 0 Å². The van der Waals surface area contributed by atoms with Crippen LogP contribution in [0.15, 0.2) is 0 Å². The zero-order valence-corrected chi connectivity index (χ0v) is 25.1. The maximum absolute atomic E-state index is 11.9. The van der Waals surface area contributed by atoms with Gasteiger partial charge in [-0.3, -0.25) is 9.36 Å². The third-order valence-electron chi connectivity index (χ3n) is 5.53. The van der Waals surface area contributed by atoms with Gasteiger partial charge in [0.1, 0.15) is 18.3 Å². The second kappa shape index (κ2) is 22.3. The number of nitrogens with one attached hydrogen (secondary N) is 1. The second-order valence-corrected chi connectivity index (χ2v) is 13.1. The van der Waals surface area contributed by atoms with Crippen molar-refractivity contribution in [3.8, 4) is 0 Å². The average Bonchev–Trinajstić information content (AvgIpc) is 2.86. The molecule has 0 spiro atoms. The van der Waals surface area contributed by atoms with Crippen molar-refractivity contribution in [2.75, 3.05) is 70.9 Å². The van der Waals surface area contributed by atoms with E-state index in [0.29, 0.717) is 37.2 Å². The van der Waals surface area contributed by atoms with Gasteiger partial charge < -0.3 is 54.5 Å². The number of aliphatic hydroxyl groups is 4. The lowest BCUT2D eigenvalue weighted by atomic mass is 10.1. The van der Waals surface area contributed by atoms with Crippen LogP contribution < -0.4 is 5.32 Å². The van der Waals surface area contributed by atoms with E-state index >= 15 is 0 Å². The predicted molar refractivity (Wildman–Crippen MR) is 148 cm³/mol. The van der Waals surface area contributed by atoms with E-state index < -0.39 is 31.8 Å². The lowest BCUT2D eigenvalue weighted by Gasteiger charge is -2.24. The Hall–Kier alpha value is -0.350. The van der Waals surface area contributed by atoms with Crippen LogP contribution >= 0.6 is 19.4 Å². The molecule has 4 unspecified atom stereocenters. The number of amides is 1. The number of rotatable bonds is 26. The summed E-state index contributed by atoms with van der Waals surface area (Å²) >= 11 is 1.54. The Labute approximate surface area is 236 Å². The quantitative estimate of drug-likeness (QED) is 0.0515. The van der Waals surface area contributed by atoms with Crippen LogP contribution in [0.2, 0.25) is 0 Å². The topological polar surface area (TPSA) is 204 Å². The first-order valence-electron chi connectivity index (χ1n) is 13.2. The van der Waals surface area contributed by atoms with Gasteiger partial charge >= 0.3 is 7.60 Å². The molecule has 13 nitrogen and oxygen atoms in total. The number of hydrogen-bond acceptors (Lipinski definition) is 11. The van der Waals surface area contributed by atoms with Crippen molar-refractivity contribution < 1.29 is 58.5 Å². The molecule has 0 saturated heterocycles. The smallest absolute Gasteiger partial charge is 0.356 e. The number of hydrogen-bond donors (Lipinski definition) is 7. The van der Waals surface area contributed by atoms with Gasteiger partial charge in [0.2, 0.25) is 5.91 Å². The first kappa shape index (κ1) is 38.6. The molecule has 0 saturated carbocycles. The molecule has 15 heteroatoms. The first-order chi connectivity index (χ1) is 18.3. The fourth-order valence-corrected chi connectivity index (χ4v) is 4.08. The number of carbonyl (C=O) groups is 1. The maximum Gasteiger partial charge on any atom is 0.356 e. The molecular formula is C24H50NO12PS. The molecule has 0 aromatic rings. The van der Waals surface area contributed by atoms with Crippen LogP contribution in [0.1, 0.15) is 46.5 Å². The summed E-state index contributed by atoms with van der Waals surface area (Å²) in [5.74, 6) is 1.55. The Bertz CT molecular complexity index is 667. The second-order valence-electron chi connectivity index (χ2n) is 9.84. The monoisotopic (exact) mass is 607 g/mol. The highest BCUT2D eigenvalue weighted by Gasteiger charge is 2.39. The molecule has 0 rings (SSSR count). The Balaban J connectivity index is 4.19. The van der Waals surface area contributed by atoms with E-state index in [0.717, 1.165) is 13.3 Å². The van der Waals surface area contributed by atoms with Crippen LogP contribution in [0, 0.1) is 5.92 Å². The summed E-state index contributed by atoms with van der Waals surface area (Å²) in [6.07, 6.45) is -0.775. The minimum atomic E-state index is -4.62. The third kappa shape index (κ3) is 21.1. The molecule has 7 N–H and O–H groups in total. The molecule has 0 aromatic heterocycles. The van der Waals surface area contributed by atoms with Crippen LogP contribution in [-0.4, -0.2) is 131 Å². The van der Waals surface area contributed by atoms with Crippen molar-refractivity contribution in [2.45, 2.75) is 70.1 Å². The number of carbonyl (C=O) groups excluding carboxylic acids is 1. The fraction of sp³-hybridized carbons (Fsp3) is 0.958. The summed E-state index contributed by atoms with van der Waals surface area (Å²) in [5.41, 5.74) is 0. The molecule has 0 fully saturated rings. The highest BCUT2D eigenvalue weighted by molar-refractivity contribution is 7.99. The van der Waals surface area contributed by atoms with Gasteiger partial charge in [0.25, 0.3) is 0 Å². The predicted octanol–water partition coefficient (Wildman–Crippen LogP) is 0.0875. The van der Waals surface area contributed by atoms with Crippen molar-refractivity contribution in [1.82, 2.24) is 5.32 Å². The first-order valence-corrected chi connectivity index (χ1v) is 16.0. The van der Waals surface area contributed by atoms with Crippen molar-refractivity contribution >= 4 is 25.3 Å². The van der Waals surface area contributed by atoms with Gasteiger partial charge in [-0.2, -0.15) is 11.8 Å². The van der Waals surface area contributed by atoms with Gasteiger partial charge in [-0.05, 0) is 32.1 Å². The largest absolute Gasteiger partial charge is 0.394 e. The Morgan fingerprint density at radius 2 is 1.62 bits per heavy atom. The van der Waals surface area contributed by atoms with E-state index in [1.165, 1.54) is 11.8 Å². The normalized spacial score (nSPS) is 16.2. The number of ether oxygens (including phenoxy) is 4. The fourth-order valence-electron chi connectivity index (χ4n) is 2.86. The van der Waals surface area contributed by atoms with Crippen molar-refractivity contribution in [1.29, 1.82) is 0 Å². The minimum Gasteiger partial charge on any atom is -0.394 e. The van der Waals surface area contributed by atoms with Crippen LogP contribution in [0.5, 0.6) is 0 Å². The molecule has 0 aliphatic carbocycles. The van der Waals surface area contributed by atoms with Gasteiger partial charge in [-0.25, -0.2) is 0 Å². The van der Waals surface area contributed by atoms with E-state index in [-0.39, 0.29) is 64.2 Å². The lowest BCUT2D eigenvalue weighted by molar-refractivity contribution is -0.120. The summed E-state index contributed by atoms with van der Waals surface area (Å²) in [4.78, 5) is 30.1. The van der Waals surface area contributed by atoms with E-state index in [2.05, 4.69) is 19.2 Å². The molecule has 39 heavy (non-hydrogen) atoms. The zero-order chi connectivity index (χ0) is 29.7. The van der Waals surface area contributed by atoms with Gasteiger partial charge in [0.15, 0.2) is 5.34 Å². The zero-order valence-electron chi connectivity index (χ0n) is 23.4. The van der Waals surface area contributed by atoms with E-state index in [9.17, 15) is 24.7 Å². The van der Waals surface area contributed by atoms with Crippen LogP contribution in [-0.2, 0) is 28.3 Å². The van der Waals surface area contributed by atoms with Crippen LogP contribution in [0.3, 0.4) is 0 Å². The Kier molecular flexibility index (Phi) is 22.1. The minimum absolute atomic E-state index is 0.0664. The van der Waals surface area contributed by atoms with Gasteiger partial charge in [-0.15, -0.1) is 0 Å². The lowest BCUT2D eigenvalue weighted by Crippen LogP contribution is -2.34. The molecule has 0 bridgehead atoms. The van der Waals surface area contributed by atoms with Gasteiger partial charge in [0, 0.05) is 31.1 Å². The molecule has 4 atom stereocenters. The van der Waals surface area contributed by atoms with Gasteiger partial charge in [-0.1, -0.05) is 13.8 Å². The Morgan fingerprint density at radius 3 is 2.21 bits per heavy atom. The molecule has 0 aromatic carbocycles. The number of aliphatic hydroxyl groups excluding tert-OH is 3. The summed E-state index contributed by atoms with van der Waals surface area (Å²) in [7, 11) is -4.62. The summed E-state index contributed by atoms with van der Waals surface area (Å²) in [6.45, 7) is 6.29. The van der Waals surface area contributed by atoms with E-state index in [1.807, 2.05) is 0 Å². The summed E-state index contributed by atoms with van der Waals surface area (Å²) < 4.78 is 33.8. The molecule has 1 amide bonds. The standard InChI is InChI=1S/C24H50NO12PS/c1-19(2)5-9-34-16-22(37-18-21(14-27)36-15-20(28)13-26)17-35-10-12-39-11-6-23(29)25-8-4-7-24(3,30)38(31,32)33/h19-22,26-28,30H,4-18H2,1-3H3,(H,25,29)(H2,31,32,33). The van der Waals surface area contributed by atoms with Crippen molar-refractivity contribution in [2.24, 2.45) is 5.92 Å². The summed E-state index contributed by atoms with van der Waals surface area (Å²) in [5, 5.41) is 38.1. The van der Waals surface area contributed by atoms with Crippen LogP contribution in [0.25, 0.3) is 0 Å².